The van der Waals surface area contributed by atoms with Gasteiger partial charge < -0.3 is 4.98 Å². The first kappa shape index (κ1) is 9.78. The van der Waals surface area contributed by atoms with E-state index in [4.69, 9.17) is 0 Å². The van der Waals surface area contributed by atoms with Crippen molar-refractivity contribution in [1.82, 2.24) is 9.97 Å². The molecule has 0 saturated heterocycles. The Bertz CT molecular complexity index is 330. The Labute approximate surface area is 79.0 Å². The summed E-state index contributed by atoms with van der Waals surface area (Å²) in [5, 5.41) is 0. The van der Waals surface area contributed by atoms with Gasteiger partial charge in [-0.2, -0.15) is 0 Å². The zero-order valence-electron chi connectivity index (χ0n) is 8.46. The molecular weight excluding hydrogens is 160 g/mol. The average molecular weight is 176 g/mol. The molecule has 0 radical (unpaired) electrons. The lowest BCUT2D eigenvalue weighted by atomic mass is 10.3. The summed E-state index contributed by atoms with van der Waals surface area (Å²) in [5.41, 5.74) is 3.44. The van der Waals surface area contributed by atoms with Crippen LogP contribution in [0.4, 0.5) is 0 Å². The lowest BCUT2D eigenvalue weighted by Crippen LogP contribution is -1.74. The van der Waals surface area contributed by atoms with Crippen molar-refractivity contribution in [3.05, 3.63) is 30.1 Å². The van der Waals surface area contributed by atoms with Gasteiger partial charge in [0.1, 0.15) is 0 Å². The Morgan fingerprint density at radius 3 is 2.77 bits per heavy atom. The molecule has 2 aromatic rings. The fourth-order valence-electron chi connectivity index (χ4n) is 1.20. The minimum Gasteiger partial charge on any atom is -0.357 e. The summed E-state index contributed by atoms with van der Waals surface area (Å²) in [5.74, 6) is 0. The number of H-pyrrole nitrogens is 1. The highest BCUT2D eigenvalue weighted by atomic mass is 14.8. The number of rotatable bonds is 1. The molecule has 0 spiro atoms. The molecule has 0 atom stereocenters. The summed E-state index contributed by atoms with van der Waals surface area (Å²) in [6.45, 7) is 6.13. The molecule has 13 heavy (non-hydrogen) atoms. The summed E-state index contributed by atoms with van der Waals surface area (Å²) >= 11 is 0. The van der Waals surface area contributed by atoms with Crippen molar-refractivity contribution in [2.75, 3.05) is 0 Å². The van der Waals surface area contributed by atoms with E-state index in [0.29, 0.717) is 0 Å². The number of hydrogen-bond donors (Lipinski definition) is 1. The molecule has 0 aliphatic carbocycles. The molecule has 0 amide bonds. The number of nitrogens with one attached hydrogen (secondary N) is 1. The van der Waals surface area contributed by atoms with Gasteiger partial charge in [0.25, 0.3) is 0 Å². The summed E-state index contributed by atoms with van der Waals surface area (Å²) in [6.07, 6.45) is 2.85. The smallest absolute Gasteiger partial charge is 0.0881 e. The Kier molecular flexibility index (Phi) is 3.50. The van der Waals surface area contributed by atoms with E-state index in [-0.39, 0.29) is 0 Å². The molecule has 0 aromatic carbocycles. The fourth-order valence-corrected chi connectivity index (χ4v) is 1.20. The van der Waals surface area contributed by atoms with Gasteiger partial charge >= 0.3 is 0 Å². The molecule has 0 bridgehead atoms. The summed E-state index contributed by atoms with van der Waals surface area (Å²) in [6, 6.07) is 6.08. The van der Waals surface area contributed by atoms with E-state index in [1.165, 1.54) is 5.69 Å². The van der Waals surface area contributed by atoms with Gasteiger partial charge in [0.2, 0.25) is 0 Å². The van der Waals surface area contributed by atoms with Crippen molar-refractivity contribution in [3.63, 3.8) is 0 Å². The lowest BCUT2D eigenvalue weighted by Gasteiger charge is -1.84. The van der Waals surface area contributed by atoms with Gasteiger partial charge in [-0.05, 0) is 24.6 Å². The zero-order chi connectivity index (χ0) is 9.68. The van der Waals surface area contributed by atoms with Gasteiger partial charge in [-0.25, -0.2) is 0 Å². The van der Waals surface area contributed by atoms with E-state index >= 15 is 0 Å². The van der Waals surface area contributed by atoms with Crippen molar-refractivity contribution in [2.45, 2.75) is 27.2 Å². The van der Waals surface area contributed by atoms with Crippen molar-refractivity contribution in [2.24, 2.45) is 0 Å². The van der Waals surface area contributed by atoms with Gasteiger partial charge in [0.05, 0.1) is 11.0 Å². The van der Waals surface area contributed by atoms with Gasteiger partial charge in [0, 0.05) is 11.9 Å². The largest absolute Gasteiger partial charge is 0.357 e. The van der Waals surface area contributed by atoms with Crippen LogP contribution in [0.3, 0.4) is 0 Å². The van der Waals surface area contributed by atoms with Gasteiger partial charge in [-0.3, -0.25) is 4.98 Å². The maximum Gasteiger partial charge on any atom is 0.0881 e. The van der Waals surface area contributed by atoms with Gasteiger partial charge in [0.15, 0.2) is 0 Å². The molecule has 0 saturated carbocycles. The third-order valence-corrected chi connectivity index (χ3v) is 1.83. The first-order chi connectivity index (χ1) is 6.40. The molecule has 0 aliphatic rings. The third kappa shape index (κ3) is 2.08. The molecule has 0 unspecified atom stereocenters. The minimum absolute atomic E-state index is 1.04. The normalized spacial score (nSPS) is 9.46. The quantitative estimate of drug-likeness (QED) is 0.710. The topological polar surface area (TPSA) is 28.7 Å². The molecule has 2 heterocycles. The lowest BCUT2D eigenvalue weighted by molar-refractivity contribution is 1.07. The molecule has 2 aromatic heterocycles. The molecule has 2 heteroatoms. The second-order valence-corrected chi connectivity index (χ2v) is 2.58. The molecule has 2 rings (SSSR count). The van der Waals surface area contributed by atoms with Crippen molar-refractivity contribution in [3.8, 4) is 0 Å². The minimum atomic E-state index is 1.04. The van der Waals surface area contributed by atoms with E-state index in [1.807, 2.05) is 32.2 Å². The Morgan fingerprint density at radius 1 is 1.38 bits per heavy atom. The van der Waals surface area contributed by atoms with Gasteiger partial charge in [-0.15, -0.1) is 0 Å². The maximum atomic E-state index is 4.22. The van der Waals surface area contributed by atoms with Crippen LogP contribution in [0.15, 0.2) is 24.4 Å². The molecule has 0 aliphatic heterocycles. The highest BCUT2D eigenvalue weighted by molar-refractivity contribution is 5.75. The number of aryl methyl sites for hydroxylation is 1. The SMILES string of the molecule is CC.CCc1cc2ncccc2[nH]1. The average Bonchev–Trinajstić information content (AvgIpc) is 2.63. The molecule has 2 nitrogen and oxygen atoms in total. The molecule has 1 N–H and O–H groups in total. The van der Waals surface area contributed by atoms with Crippen LogP contribution in [0.1, 0.15) is 26.5 Å². The maximum absolute atomic E-state index is 4.22. The molecule has 70 valence electrons. The number of nitrogens with zero attached hydrogens (tertiary/aromatic N) is 1. The number of pyridine rings is 1. The van der Waals surface area contributed by atoms with Crippen LogP contribution in [0.5, 0.6) is 0 Å². The van der Waals surface area contributed by atoms with E-state index in [2.05, 4.69) is 23.0 Å². The second kappa shape index (κ2) is 4.65. The first-order valence-electron chi connectivity index (χ1n) is 4.83. The summed E-state index contributed by atoms with van der Waals surface area (Å²) in [4.78, 5) is 7.50. The fraction of sp³-hybridized carbons (Fsp3) is 0.364. The number of aromatic nitrogens is 2. The van der Waals surface area contributed by atoms with Crippen LogP contribution in [-0.2, 0) is 6.42 Å². The van der Waals surface area contributed by atoms with Crippen LogP contribution in [0, 0.1) is 0 Å². The van der Waals surface area contributed by atoms with E-state index < -0.39 is 0 Å². The predicted molar refractivity (Wildman–Crippen MR) is 56.8 cm³/mol. The van der Waals surface area contributed by atoms with Crippen molar-refractivity contribution < 1.29 is 0 Å². The Morgan fingerprint density at radius 2 is 2.15 bits per heavy atom. The van der Waals surface area contributed by atoms with Crippen LogP contribution in [0.25, 0.3) is 11.0 Å². The highest BCUT2D eigenvalue weighted by Gasteiger charge is 1.96. The van der Waals surface area contributed by atoms with Crippen molar-refractivity contribution >= 4 is 11.0 Å². The van der Waals surface area contributed by atoms with Crippen LogP contribution < -0.4 is 0 Å². The number of aromatic amines is 1. The Hall–Kier alpha value is -1.31. The molecular formula is C11H16N2. The van der Waals surface area contributed by atoms with Gasteiger partial charge in [-0.1, -0.05) is 20.8 Å². The van der Waals surface area contributed by atoms with Crippen LogP contribution in [-0.4, -0.2) is 9.97 Å². The number of hydrogen-bond acceptors (Lipinski definition) is 1. The van der Waals surface area contributed by atoms with E-state index in [9.17, 15) is 0 Å². The standard InChI is InChI=1S/C9H10N2.C2H6/c1-2-7-6-9-8(11-7)4-3-5-10-9;1-2/h3-6,11H,2H2,1H3;1-2H3. The summed E-state index contributed by atoms with van der Waals surface area (Å²) in [7, 11) is 0. The highest BCUT2D eigenvalue weighted by Crippen LogP contribution is 2.11. The Balaban J connectivity index is 0.000000396. The predicted octanol–water partition coefficient (Wildman–Crippen LogP) is 3.15. The van der Waals surface area contributed by atoms with Crippen LogP contribution >= 0.6 is 0 Å². The zero-order valence-corrected chi connectivity index (χ0v) is 8.46. The van der Waals surface area contributed by atoms with Crippen molar-refractivity contribution in [1.29, 1.82) is 0 Å². The number of fused-ring (bicyclic) bond motifs is 1. The first-order valence-corrected chi connectivity index (χ1v) is 4.83. The van der Waals surface area contributed by atoms with E-state index in [0.717, 1.165) is 17.5 Å². The monoisotopic (exact) mass is 176 g/mol. The summed E-state index contributed by atoms with van der Waals surface area (Å²) < 4.78 is 0. The van der Waals surface area contributed by atoms with Crippen LogP contribution in [0.2, 0.25) is 0 Å². The second-order valence-electron chi connectivity index (χ2n) is 2.58. The third-order valence-electron chi connectivity index (χ3n) is 1.83. The van der Waals surface area contributed by atoms with E-state index in [1.54, 1.807) is 0 Å². The molecule has 0 fully saturated rings.